The lowest BCUT2D eigenvalue weighted by Gasteiger charge is -2.20. The number of thioether (sulfide) groups is 1. The van der Waals surface area contributed by atoms with E-state index in [0.29, 0.717) is 23.3 Å². The Labute approximate surface area is 213 Å². The van der Waals surface area contributed by atoms with Crippen LogP contribution in [0, 0.1) is 10.1 Å². The predicted molar refractivity (Wildman–Crippen MR) is 136 cm³/mol. The molecule has 0 saturated heterocycles. The van der Waals surface area contributed by atoms with Gasteiger partial charge in [0.25, 0.3) is 17.5 Å². The highest BCUT2D eigenvalue weighted by atomic mass is 32.2. The summed E-state index contributed by atoms with van der Waals surface area (Å²) in [7, 11) is 0. The first-order valence-electron chi connectivity index (χ1n) is 11.2. The summed E-state index contributed by atoms with van der Waals surface area (Å²) in [6, 6.07) is 12.1. The molecule has 0 spiro atoms. The molecule has 0 bridgehead atoms. The summed E-state index contributed by atoms with van der Waals surface area (Å²) in [5.41, 5.74) is 1.95. The topological polar surface area (TPSA) is 137 Å². The molecule has 0 saturated carbocycles. The number of carbonyl (C=O) groups excluding carboxylic acids is 2. The van der Waals surface area contributed by atoms with Crippen molar-refractivity contribution in [2.45, 2.75) is 45.3 Å². The monoisotopic (exact) mass is 512 g/mol. The molecule has 0 unspecified atom stereocenters. The zero-order chi connectivity index (χ0) is 26.3. The summed E-state index contributed by atoms with van der Waals surface area (Å²) < 4.78 is 10.8. The van der Waals surface area contributed by atoms with Crippen molar-refractivity contribution in [3.05, 3.63) is 75.7 Å². The Kier molecular flexibility index (Phi) is 8.81. The summed E-state index contributed by atoms with van der Waals surface area (Å²) in [4.78, 5) is 35.8. The number of nitrogens with zero attached hydrogens (tertiary/aromatic N) is 3. The quantitative estimate of drug-likeness (QED) is 0.236. The minimum Gasteiger partial charge on any atom is -0.454 e. The van der Waals surface area contributed by atoms with Gasteiger partial charge in [0.2, 0.25) is 5.89 Å². The summed E-state index contributed by atoms with van der Waals surface area (Å²) in [5, 5.41) is 21.3. The molecule has 0 aliphatic heterocycles. The Morgan fingerprint density at radius 2 is 1.78 bits per heavy atom. The van der Waals surface area contributed by atoms with E-state index in [1.807, 2.05) is 18.4 Å². The third kappa shape index (κ3) is 7.14. The van der Waals surface area contributed by atoms with Crippen molar-refractivity contribution in [1.82, 2.24) is 15.5 Å². The van der Waals surface area contributed by atoms with E-state index in [2.05, 4.69) is 36.3 Å². The molecular weight excluding hydrogens is 484 g/mol. The van der Waals surface area contributed by atoms with Crippen LogP contribution >= 0.6 is 11.8 Å². The average molecular weight is 513 g/mol. The largest absolute Gasteiger partial charge is 0.454 e. The lowest BCUT2D eigenvalue weighted by atomic mass is 9.86. The van der Waals surface area contributed by atoms with Crippen LogP contribution in [-0.4, -0.2) is 45.0 Å². The Morgan fingerprint density at radius 1 is 1.11 bits per heavy atom. The third-order valence-corrected chi connectivity index (χ3v) is 5.99. The molecule has 1 N–H and O–H groups in total. The van der Waals surface area contributed by atoms with Gasteiger partial charge in [0, 0.05) is 23.3 Å². The molecule has 10 nitrogen and oxygen atoms in total. The fraction of sp³-hybridized carbons (Fsp3) is 0.360. The smallest absolute Gasteiger partial charge is 0.329 e. The molecule has 3 aromatic rings. The molecule has 36 heavy (non-hydrogen) atoms. The van der Waals surface area contributed by atoms with Crippen molar-refractivity contribution >= 4 is 29.3 Å². The van der Waals surface area contributed by atoms with Crippen molar-refractivity contribution in [3.63, 3.8) is 0 Å². The van der Waals surface area contributed by atoms with Gasteiger partial charge in [-0.05, 0) is 53.7 Å². The van der Waals surface area contributed by atoms with Gasteiger partial charge >= 0.3 is 5.97 Å². The van der Waals surface area contributed by atoms with E-state index >= 15 is 0 Å². The molecule has 1 heterocycles. The molecule has 11 heteroatoms. The van der Waals surface area contributed by atoms with Crippen molar-refractivity contribution in [2.75, 3.05) is 12.0 Å². The first kappa shape index (κ1) is 26.9. The van der Waals surface area contributed by atoms with E-state index in [0.717, 1.165) is 5.56 Å². The number of rotatable bonds is 10. The van der Waals surface area contributed by atoms with Crippen LogP contribution in [0.15, 0.2) is 52.9 Å². The Hall–Kier alpha value is -3.73. The Balaban J connectivity index is 1.62. The standard InChI is InChI=1S/C25H28N4O6S/c1-25(2,3)18-9-5-16(6-10-18)22(30)26-20(13-14-36-4)24(31)34-15-21-27-28-23(35-21)17-7-11-19(12-8-17)29(32)33/h5-12,20H,13-15H2,1-4H3,(H,26,30)/t20-/m1/s1. The van der Waals surface area contributed by atoms with Crippen molar-refractivity contribution in [2.24, 2.45) is 0 Å². The fourth-order valence-electron chi connectivity index (χ4n) is 3.24. The molecule has 0 aliphatic carbocycles. The fourth-order valence-corrected chi connectivity index (χ4v) is 3.71. The van der Waals surface area contributed by atoms with E-state index in [9.17, 15) is 19.7 Å². The maximum Gasteiger partial charge on any atom is 0.329 e. The number of ether oxygens (including phenoxy) is 1. The van der Waals surface area contributed by atoms with Gasteiger partial charge in [-0.3, -0.25) is 14.9 Å². The third-order valence-electron chi connectivity index (χ3n) is 5.34. The zero-order valence-electron chi connectivity index (χ0n) is 20.5. The number of nitrogens with one attached hydrogen (secondary N) is 1. The summed E-state index contributed by atoms with van der Waals surface area (Å²) in [6.45, 7) is 6.00. The highest BCUT2D eigenvalue weighted by Crippen LogP contribution is 2.23. The van der Waals surface area contributed by atoms with Gasteiger partial charge in [-0.25, -0.2) is 4.79 Å². The van der Waals surface area contributed by atoms with Crippen LogP contribution < -0.4 is 5.32 Å². The van der Waals surface area contributed by atoms with Gasteiger partial charge in [0.05, 0.1) is 4.92 Å². The molecule has 0 radical (unpaired) electrons. The molecular formula is C25H28N4O6S. The van der Waals surface area contributed by atoms with E-state index < -0.39 is 16.9 Å². The number of hydrogen-bond donors (Lipinski definition) is 1. The molecule has 0 aliphatic rings. The molecule has 1 amide bonds. The van der Waals surface area contributed by atoms with Crippen LogP contribution in [0.5, 0.6) is 0 Å². The second-order valence-corrected chi connectivity index (χ2v) is 10.0. The maximum atomic E-state index is 12.8. The molecule has 1 atom stereocenters. The highest BCUT2D eigenvalue weighted by molar-refractivity contribution is 7.98. The maximum absolute atomic E-state index is 12.8. The molecule has 3 rings (SSSR count). The van der Waals surface area contributed by atoms with Crippen LogP contribution in [0.3, 0.4) is 0 Å². The summed E-state index contributed by atoms with van der Waals surface area (Å²) >= 11 is 1.55. The van der Waals surface area contributed by atoms with E-state index in [-0.39, 0.29) is 35.4 Å². The lowest BCUT2D eigenvalue weighted by Crippen LogP contribution is -2.42. The first-order chi connectivity index (χ1) is 17.1. The number of non-ortho nitro benzene ring substituents is 1. The van der Waals surface area contributed by atoms with Gasteiger partial charge in [0.15, 0.2) is 6.61 Å². The molecule has 2 aromatic carbocycles. The van der Waals surface area contributed by atoms with Crippen molar-refractivity contribution < 1.29 is 23.7 Å². The van der Waals surface area contributed by atoms with Crippen molar-refractivity contribution in [1.29, 1.82) is 0 Å². The van der Waals surface area contributed by atoms with Gasteiger partial charge < -0.3 is 14.5 Å². The second-order valence-electron chi connectivity index (χ2n) is 9.05. The van der Waals surface area contributed by atoms with Gasteiger partial charge in [-0.2, -0.15) is 11.8 Å². The number of benzene rings is 2. The normalized spacial score (nSPS) is 12.1. The van der Waals surface area contributed by atoms with Crippen LogP contribution in [0.25, 0.3) is 11.5 Å². The molecule has 0 fully saturated rings. The minimum absolute atomic E-state index is 0.0349. The highest BCUT2D eigenvalue weighted by Gasteiger charge is 2.24. The van der Waals surface area contributed by atoms with Crippen molar-refractivity contribution in [3.8, 4) is 11.5 Å². The Bertz CT molecular complexity index is 1200. The second kappa shape index (κ2) is 11.8. The SMILES string of the molecule is CSCC[C@@H](NC(=O)c1ccc(C(C)(C)C)cc1)C(=O)OCc1nnc(-c2ccc([N+](=O)[O-])cc2)o1. The van der Waals surface area contributed by atoms with E-state index in [4.69, 9.17) is 9.15 Å². The Morgan fingerprint density at radius 3 is 2.36 bits per heavy atom. The van der Waals surface area contributed by atoms with E-state index in [1.54, 1.807) is 23.9 Å². The van der Waals surface area contributed by atoms with E-state index in [1.165, 1.54) is 24.3 Å². The van der Waals surface area contributed by atoms with Gasteiger partial charge in [0.1, 0.15) is 6.04 Å². The minimum atomic E-state index is -0.843. The first-order valence-corrected chi connectivity index (χ1v) is 12.6. The van der Waals surface area contributed by atoms with Crippen LogP contribution in [-0.2, 0) is 21.6 Å². The van der Waals surface area contributed by atoms with Gasteiger partial charge in [-0.15, -0.1) is 10.2 Å². The van der Waals surface area contributed by atoms with Crippen LogP contribution in [0.2, 0.25) is 0 Å². The molecule has 190 valence electrons. The number of hydrogen-bond acceptors (Lipinski definition) is 9. The number of nitro benzene ring substituents is 1. The predicted octanol–water partition coefficient (Wildman–Crippen LogP) is 4.54. The number of aromatic nitrogens is 2. The number of esters is 1. The number of carbonyl (C=O) groups is 2. The molecule has 1 aromatic heterocycles. The summed E-state index contributed by atoms with van der Waals surface area (Å²) in [6.07, 6.45) is 2.30. The number of amides is 1. The van der Waals surface area contributed by atoms with Crippen LogP contribution in [0.1, 0.15) is 49.0 Å². The zero-order valence-corrected chi connectivity index (χ0v) is 21.3. The van der Waals surface area contributed by atoms with Gasteiger partial charge in [-0.1, -0.05) is 32.9 Å². The van der Waals surface area contributed by atoms with Crippen LogP contribution in [0.4, 0.5) is 5.69 Å². The summed E-state index contributed by atoms with van der Waals surface area (Å²) in [5.74, 6) is -0.129. The number of nitro groups is 1. The lowest BCUT2D eigenvalue weighted by molar-refractivity contribution is -0.384. The average Bonchev–Trinajstić information content (AvgIpc) is 3.33.